The van der Waals surface area contributed by atoms with Crippen molar-refractivity contribution in [3.8, 4) is 0 Å². The molecule has 0 radical (unpaired) electrons. The SMILES string of the molecule is Cn1ccnc1Sc1cc(C(=O)Nc2ccc(Br)cn2)c(N)cc1F. The van der Waals surface area contributed by atoms with Crippen molar-refractivity contribution >= 4 is 45.1 Å². The van der Waals surface area contributed by atoms with Crippen LogP contribution < -0.4 is 11.1 Å². The Hall–Kier alpha value is -2.39. The quantitative estimate of drug-likeness (QED) is 0.627. The molecule has 0 atom stereocenters. The van der Waals surface area contributed by atoms with Gasteiger partial charge in [-0.3, -0.25) is 4.79 Å². The van der Waals surface area contributed by atoms with Crippen LogP contribution in [0, 0.1) is 5.82 Å². The fourth-order valence-electron chi connectivity index (χ4n) is 2.03. The predicted molar refractivity (Wildman–Crippen MR) is 98.0 cm³/mol. The van der Waals surface area contributed by atoms with Gasteiger partial charge in [0.05, 0.1) is 10.5 Å². The average molecular weight is 422 g/mol. The number of amides is 1. The van der Waals surface area contributed by atoms with Crippen LogP contribution in [-0.4, -0.2) is 20.4 Å². The summed E-state index contributed by atoms with van der Waals surface area (Å²) in [4.78, 5) is 20.9. The maximum atomic E-state index is 14.2. The molecule has 3 N–H and O–H groups in total. The molecule has 0 aliphatic rings. The zero-order chi connectivity index (χ0) is 18.0. The lowest BCUT2D eigenvalue weighted by Crippen LogP contribution is -2.15. The number of hydrogen-bond donors (Lipinski definition) is 2. The Kier molecular flexibility index (Phi) is 5.05. The van der Waals surface area contributed by atoms with Crippen LogP contribution >= 0.6 is 27.7 Å². The molecule has 0 aliphatic heterocycles. The minimum Gasteiger partial charge on any atom is -0.398 e. The molecule has 6 nitrogen and oxygen atoms in total. The van der Waals surface area contributed by atoms with Crippen LogP contribution in [0.2, 0.25) is 0 Å². The highest BCUT2D eigenvalue weighted by atomic mass is 79.9. The molecule has 0 aliphatic carbocycles. The van der Waals surface area contributed by atoms with Crippen LogP contribution in [0.25, 0.3) is 0 Å². The summed E-state index contributed by atoms with van der Waals surface area (Å²) in [5.74, 6) is -0.604. The van der Waals surface area contributed by atoms with Crippen molar-refractivity contribution in [2.75, 3.05) is 11.1 Å². The van der Waals surface area contributed by atoms with E-state index in [2.05, 4.69) is 31.2 Å². The summed E-state index contributed by atoms with van der Waals surface area (Å²) in [6.07, 6.45) is 4.93. The maximum absolute atomic E-state index is 14.2. The summed E-state index contributed by atoms with van der Waals surface area (Å²) in [5.41, 5.74) is 6.03. The van der Waals surface area contributed by atoms with Crippen molar-refractivity contribution in [1.29, 1.82) is 0 Å². The first-order valence-electron chi connectivity index (χ1n) is 7.11. The first-order valence-corrected chi connectivity index (χ1v) is 8.72. The maximum Gasteiger partial charge on any atom is 0.258 e. The summed E-state index contributed by atoms with van der Waals surface area (Å²) in [6, 6.07) is 5.94. The Morgan fingerprint density at radius 2 is 2.16 bits per heavy atom. The van der Waals surface area contributed by atoms with Gasteiger partial charge in [0.15, 0.2) is 5.16 Å². The minimum atomic E-state index is -0.510. The number of imidazole rings is 1. The van der Waals surface area contributed by atoms with Gasteiger partial charge in [-0.05, 0) is 52.0 Å². The van der Waals surface area contributed by atoms with Crippen molar-refractivity contribution in [1.82, 2.24) is 14.5 Å². The van der Waals surface area contributed by atoms with E-state index >= 15 is 0 Å². The average Bonchev–Trinajstić information content (AvgIpc) is 2.97. The topological polar surface area (TPSA) is 85.8 Å². The van der Waals surface area contributed by atoms with Gasteiger partial charge in [-0.2, -0.15) is 0 Å². The van der Waals surface area contributed by atoms with Crippen LogP contribution in [0.15, 0.2) is 57.4 Å². The Balaban J connectivity index is 1.87. The molecular weight excluding hydrogens is 409 g/mol. The third kappa shape index (κ3) is 3.99. The molecule has 3 rings (SSSR count). The molecule has 25 heavy (non-hydrogen) atoms. The zero-order valence-electron chi connectivity index (χ0n) is 13.0. The lowest BCUT2D eigenvalue weighted by atomic mass is 10.1. The number of rotatable bonds is 4. The zero-order valence-corrected chi connectivity index (χ0v) is 15.4. The van der Waals surface area contributed by atoms with Gasteiger partial charge in [0.2, 0.25) is 0 Å². The summed E-state index contributed by atoms with van der Waals surface area (Å²) < 4.78 is 16.7. The first-order chi connectivity index (χ1) is 11.9. The van der Waals surface area contributed by atoms with Gasteiger partial charge < -0.3 is 15.6 Å². The van der Waals surface area contributed by atoms with Crippen LogP contribution in [0.3, 0.4) is 0 Å². The van der Waals surface area contributed by atoms with Crippen LogP contribution in [0.4, 0.5) is 15.9 Å². The standard InChI is InChI=1S/C16H13BrFN5OS/c1-23-5-4-20-16(23)25-13-6-10(12(19)7-11(13)18)15(24)22-14-3-2-9(17)8-21-14/h2-8H,19H2,1H3,(H,21,22,24). The molecule has 1 aromatic carbocycles. The van der Waals surface area contributed by atoms with Gasteiger partial charge in [0, 0.05) is 35.8 Å². The van der Waals surface area contributed by atoms with Crippen LogP contribution in [-0.2, 0) is 7.05 Å². The highest BCUT2D eigenvalue weighted by Gasteiger charge is 2.17. The van der Waals surface area contributed by atoms with E-state index in [9.17, 15) is 9.18 Å². The molecule has 9 heteroatoms. The van der Waals surface area contributed by atoms with E-state index in [1.807, 2.05) is 0 Å². The molecule has 0 spiro atoms. The summed E-state index contributed by atoms with van der Waals surface area (Å²) in [5, 5.41) is 3.24. The van der Waals surface area contributed by atoms with Crippen molar-refractivity contribution < 1.29 is 9.18 Å². The van der Waals surface area contributed by atoms with E-state index in [-0.39, 0.29) is 16.1 Å². The number of halogens is 2. The third-order valence-electron chi connectivity index (χ3n) is 3.30. The molecule has 3 aromatic rings. The number of nitrogens with two attached hydrogens (primary N) is 1. The smallest absolute Gasteiger partial charge is 0.258 e. The van der Waals surface area contributed by atoms with Crippen molar-refractivity contribution in [3.05, 3.63) is 58.7 Å². The van der Waals surface area contributed by atoms with Gasteiger partial charge >= 0.3 is 0 Å². The number of benzene rings is 1. The number of nitrogens with one attached hydrogen (secondary N) is 1. The fourth-order valence-corrected chi connectivity index (χ4v) is 3.11. The molecule has 0 bridgehead atoms. The second-order valence-electron chi connectivity index (χ2n) is 5.11. The summed E-state index contributed by atoms with van der Waals surface area (Å²) in [6.45, 7) is 0. The summed E-state index contributed by atoms with van der Waals surface area (Å²) in [7, 11) is 1.80. The predicted octanol–water partition coefficient (Wildman–Crippen LogP) is 3.70. The molecule has 2 aromatic heterocycles. The number of pyridine rings is 1. The van der Waals surface area contributed by atoms with Crippen LogP contribution in [0.1, 0.15) is 10.4 Å². The molecule has 0 saturated carbocycles. The monoisotopic (exact) mass is 421 g/mol. The van der Waals surface area contributed by atoms with E-state index in [0.717, 1.165) is 22.3 Å². The fraction of sp³-hybridized carbons (Fsp3) is 0.0625. The number of aryl methyl sites for hydroxylation is 1. The van der Waals surface area contributed by atoms with E-state index < -0.39 is 11.7 Å². The van der Waals surface area contributed by atoms with Crippen molar-refractivity contribution in [2.45, 2.75) is 10.1 Å². The summed E-state index contributed by atoms with van der Waals surface area (Å²) >= 11 is 4.39. The molecule has 2 heterocycles. The number of carbonyl (C=O) groups is 1. The normalized spacial score (nSPS) is 10.7. The third-order valence-corrected chi connectivity index (χ3v) is 4.87. The van der Waals surface area contributed by atoms with E-state index in [1.165, 1.54) is 6.07 Å². The Morgan fingerprint density at radius 3 is 2.80 bits per heavy atom. The van der Waals surface area contributed by atoms with Gasteiger partial charge in [-0.15, -0.1) is 0 Å². The molecular formula is C16H13BrFN5OS. The number of carbonyl (C=O) groups excluding carboxylic acids is 1. The van der Waals surface area contributed by atoms with E-state index in [4.69, 9.17) is 5.73 Å². The molecule has 128 valence electrons. The molecule has 0 fully saturated rings. The molecule has 1 amide bonds. The Labute approximate surface area is 155 Å². The highest BCUT2D eigenvalue weighted by molar-refractivity contribution is 9.10. The van der Waals surface area contributed by atoms with Crippen molar-refractivity contribution in [3.63, 3.8) is 0 Å². The second-order valence-corrected chi connectivity index (χ2v) is 7.03. The Bertz CT molecular complexity index is 929. The number of aromatic nitrogens is 3. The van der Waals surface area contributed by atoms with E-state index in [0.29, 0.717) is 11.0 Å². The first kappa shape index (κ1) is 17.4. The number of hydrogen-bond acceptors (Lipinski definition) is 5. The van der Waals surface area contributed by atoms with Gasteiger partial charge in [0.1, 0.15) is 11.6 Å². The lowest BCUT2D eigenvalue weighted by molar-refractivity contribution is 0.102. The molecule has 0 saturated heterocycles. The van der Waals surface area contributed by atoms with E-state index in [1.54, 1.807) is 42.3 Å². The highest BCUT2D eigenvalue weighted by Crippen LogP contribution is 2.31. The molecule has 0 unspecified atom stereocenters. The lowest BCUT2D eigenvalue weighted by Gasteiger charge is -2.10. The van der Waals surface area contributed by atoms with Gasteiger partial charge in [-0.1, -0.05) is 0 Å². The Morgan fingerprint density at radius 1 is 1.36 bits per heavy atom. The van der Waals surface area contributed by atoms with Gasteiger partial charge in [0.25, 0.3) is 5.91 Å². The van der Waals surface area contributed by atoms with Gasteiger partial charge in [-0.25, -0.2) is 14.4 Å². The van der Waals surface area contributed by atoms with Crippen molar-refractivity contribution in [2.24, 2.45) is 7.05 Å². The largest absolute Gasteiger partial charge is 0.398 e. The second kappa shape index (κ2) is 7.24. The number of anilines is 2. The van der Waals surface area contributed by atoms with Crippen LogP contribution in [0.5, 0.6) is 0 Å². The minimum absolute atomic E-state index is 0.0521. The number of nitrogen functional groups attached to an aromatic ring is 1. The number of nitrogens with zero attached hydrogens (tertiary/aromatic N) is 3.